The number of halogens is 1. The molecular formula is C13H10ClN3O. The second kappa shape index (κ2) is 3.82. The normalized spacial score (nSPS) is 21.8. The number of aryl methyl sites for hydroxylation is 1. The Balaban J connectivity index is 2.34. The third-order valence-electron chi connectivity index (χ3n) is 3.33. The Morgan fingerprint density at radius 3 is 3.00 bits per heavy atom. The van der Waals surface area contributed by atoms with Gasteiger partial charge in [-0.15, -0.1) is 0 Å². The van der Waals surface area contributed by atoms with Crippen LogP contribution in [0.25, 0.3) is 10.9 Å². The molecule has 2 atom stereocenters. The van der Waals surface area contributed by atoms with Crippen LogP contribution >= 0.6 is 11.6 Å². The van der Waals surface area contributed by atoms with Crippen LogP contribution in [0.15, 0.2) is 23.0 Å². The van der Waals surface area contributed by atoms with Crippen LogP contribution in [0.2, 0.25) is 5.02 Å². The van der Waals surface area contributed by atoms with Crippen molar-refractivity contribution in [1.29, 1.82) is 5.26 Å². The molecule has 0 N–H and O–H groups in total. The van der Waals surface area contributed by atoms with Gasteiger partial charge in [0.1, 0.15) is 0 Å². The Morgan fingerprint density at radius 1 is 1.56 bits per heavy atom. The van der Waals surface area contributed by atoms with Gasteiger partial charge in [-0.2, -0.15) is 10.2 Å². The summed E-state index contributed by atoms with van der Waals surface area (Å²) < 4.78 is 1.60. The number of nitrogens with zero attached hydrogens (tertiary/aromatic N) is 3. The molecule has 4 nitrogen and oxygen atoms in total. The maximum Gasteiger partial charge on any atom is 0.348 e. The van der Waals surface area contributed by atoms with Crippen LogP contribution in [0.4, 0.5) is 0 Å². The van der Waals surface area contributed by atoms with E-state index in [9.17, 15) is 4.79 Å². The van der Waals surface area contributed by atoms with Crippen LogP contribution in [0, 0.1) is 24.2 Å². The smallest absolute Gasteiger partial charge is 0.287 e. The van der Waals surface area contributed by atoms with Crippen molar-refractivity contribution in [2.75, 3.05) is 0 Å². The van der Waals surface area contributed by atoms with Crippen LogP contribution in [0.1, 0.15) is 18.2 Å². The summed E-state index contributed by atoms with van der Waals surface area (Å²) in [6.45, 7) is 1.80. The molecular weight excluding hydrogens is 250 g/mol. The Kier molecular flexibility index (Phi) is 2.39. The zero-order chi connectivity index (χ0) is 12.9. The van der Waals surface area contributed by atoms with Crippen molar-refractivity contribution in [3.05, 3.63) is 39.4 Å². The van der Waals surface area contributed by atoms with E-state index in [4.69, 9.17) is 16.9 Å². The molecule has 1 aromatic heterocycles. The van der Waals surface area contributed by atoms with E-state index in [2.05, 4.69) is 11.1 Å². The maximum atomic E-state index is 12.0. The predicted octanol–water partition coefficient (Wildman–Crippen LogP) is 2.44. The second-order valence-corrected chi connectivity index (χ2v) is 4.99. The quantitative estimate of drug-likeness (QED) is 0.790. The van der Waals surface area contributed by atoms with Gasteiger partial charge in [-0.1, -0.05) is 11.6 Å². The standard InChI is InChI=1S/C13H10ClN3O/c1-7-10-3-2-9(14)5-12(10)17(13(18)16-7)11-4-8(11)6-15/h2-3,5,8,11H,4H2,1H3. The van der Waals surface area contributed by atoms with Gasteiger partial charge in [-0.25, -0.2) is 4.79 Å². The number of hydrogen-bond acceptors (Lipinski definition) is 3. The highest BCUT2D eigenvalue weighted by atomic mass is 35.5. The van der Waals surface area contributed by atoms with E-state index in [0.717, 1.165) is 10.9 Å². The van der Waals surface area contributed by atoms with E-state index < -0.39 is 0 Å². The van der Waals surface area contributed by atoms with E-state index in [1.165, 1.54) is 0 Å². The Bertz CT molecular complexity index is 744. The molecule has 0 aliphatic heterocycles. The monoisotopic (exact) mass is 259 g/mol. The molecule has 2 aromatic rings. The number of aromatic nitrogens is 2. The molecule has 1 aliphatic carbocycles. The van der Waals surface area contributed by atoms with Crippen molar-refractivity contribution < 1.29 is 0 Å². The summed E-state index contributed by atoms with van der Waals surface area (Å²) >= 11 is 5.99. The molecule has 3 rings (SSSR count). The number of fused-ring (bicyclic) bond motifs is 1. The maximum absolute atomic E-state index is 12.0. The topological polar surface area (TPSA) is 58.7 Å². The largest absolute Gasteiger partial charge is 0.348 e. The highest BCUT2D eigenvalue weighted by Crippen LogP contribution is 2.43. The first-order valence-corrected chi connectivity index (χ1v) is 6.07. The van der Waals surface area contributed by atoms with Gasteiger partial charge >= 0.3 is 5.69 Å². The lowest BCUT2D eigenvalue weighted by atomic mass is 10.2. The summed E-state index contributed by atoms with van der Waals surface area (Å²) in [4.78, 5) is 16.0. The van der Waals surface area contributed by atoms with Gasteiger partial charge in [-0.3, -0.25) is 4.57 Å². The molecule has 1 saturated carbocycles. The van der Waals surface area contributed by atoms with E-state index in [-0.39, 0.29) is 17.6 Å². The summed E-state index contributed by atoms with van der Waals surface area (Å²) in [5, 5.41) is 10.4. The second-order valence-electron chi connectivity index (χ2n) is 4.55. The van der Waals surface area contributed by atoms with Crippen molar-refractivity contribution >= 4 is 22.5 Å². The molecule has 0 bridgehead atoms. The molecule has 18 heavy (non-hydrogen) atoms. The first-order valence-electron chi connectivity index (χ1n) is 5.70. The molecule has 90 valence electrons. The molecule has 0 saturated heterocycles. The summed E-state index contributed by atoms with van der Waals surface area (Å²) in [7, 11) is 0. The number of rotatable bonds is 1. The van der Waals surface area contributed by atoms with Crippen LogP contribution < -0.4 is 5.69 Å². The van der Waals surface area contributed by atoms with Gasteiger partial charge < -0.3 is 0 Å². The van der Waals surface area contributed by atoms with Gasteiger partial charge in [0.25, 0.3) is 0 Å². The van der Waals surface area contributed by atoms with Crippen molar-refractivity contribution in [2.45, 2.75) is 19.4 Å². The minimum Gasteiger partial charge on any atom is -0.287 e. The summed E-state index contributed by atoms with van der Waals surface area (Å²) in [6, 6.07) is 7.53. The van der Waals surface area contributed by atoms with Crippen LogP contribution in [-0.4, -0.2) is 9.55 Å². The van der Waals surface area contributed by atoms with Gasteiger partial charge in [0.15, 0.2) is 0 Å². The Labute approximate surface area is 108 Å². The average Bonchev–Trinajstić information content (AvgIpc) is 3.07. The molecule has 5 heteroatoms. The first kappa shape index (κ1) is 11.2. The fourth-order valence-corrected chi connectivity index (χ4v) is 2.46. The Morgan fingerprint density at radius 2 is 2.33 bits per heavy atom. The van der Waals surface area contributed by atoms with Crippen molar-refractivity contribution in [2.24, 2.45) is 5.92 Å². The molecule has 0 radical (unpaired) electrons. The summed E-state index contributed by atoms with van der Waals surface area (Å²) in [5.74, 6) is -0.0885. The minimum atomic E-state index is -0.301. The van der Waals surface area contributed by atoms with Gasteiger partial charge in [0, 0.05) is 10.4 Å². The molecule has 1 aromatic carbocycles. The number of hydrogen-bond donors (Lipinski definition) is 0. The van der Waals surface area contributed by atoms with E-state index >= 15 is 0 Å². The van der Waals surface area contributed by atoms with E-state index in [1.54, 1.807) is 23.6 Å². The Hall–Kier alpha value is -1.86. The summed E-state index contributed by atoms with van der Waals surface area (Å²) in [6.07, 6.45) is 0.711. The minimum absolute atomic E-state index is 0.0587. The number of nitriles is 1. The summed E-state index contributed by atoms with van der Waals surface area (Å²) in [5.41, 5.74) is 1.16. The lowest BCUT2D eigenvalue weighted by molar-refractivity contribution is 0.684. The molecule has 1 aliphatic rings. The lowest BCUT2D eigenvalue weighted by Crippen LogP contribution is -2.24. The molecule has 0 amide bonds. The zero-order valence-electron chi connectivity index (χ0n) is 9.72. The fourth-order valence-electron chi connectivity index (χ4n) is 2.30. The van der Waals surface area contributed by atoms with Gasteiger partial charge in [0.05, 0.1) is 29.2 Å². The first-order chi connectivity index (χ1) is 8.61. The van der Waals surface area contributed by atoms with Crippen molar-refractivity contribution in [3.63, 3.8) is 0 Å². The molecule has 1 fully saturated rings. The molecule has 1 heterocycles. The lowest BCUT2D eigenvalue weighted by Gasteiger charge is -2.10. The number of benzene rings is 1. The average molecular weight is 260 g/mol. The van der Waals surface area contributed by atoms with E-state index in [0.29, 0.717) is 17.1 Å². The van der Waals surface area contributed by atoms with Crippen LogP contribution in [-0.2, 0) is 0 Å². The highest BCUT2D eigenvalue weighted by molar-refractivity contribution is 6.31. The zero-order valence-corrected chi connectivity index (χ0v) is 10.5. The molecule has 2 unspecified atom stereocenters. The SMILES string of the molecule is Cc1nc(=O)n(C2CC2C#N)c2cc(Cl)ccc12. The third kappa shape index (κ3) is 1.59. The predicted molar refractivity (Wildman–Crippen MR) is 68.5 cm³/mol. The molecule has 0 spiro atoms. The van der Waals surface area contributed by atoms with Crippen molar-refractivity contribution in [3.8, 4) is 6.07 Å². The van der Waals surface area contributed by atoms with Crippen molar-refractivity contribution in [1.82, 2.24) is 9.55 Å². The highest BCUT2D eigenvalue weighted by Gasteiger charge is 2.40. The third-order valence-corrected chi connectivity index (χ3v) is 3.57. The van der Waals surface area contributed by atoms with Crippen LogP contribution in [0.5, 0.6) is 0 Å². The van der Waals surface area contributed by atoms with E-state index in [1.807, 2.05) is 6.07 Å². The van der Waals surface area contributed by atoms with Crippen LogP contribution in [0.3, 0.4) is 0 Å². The van der Waals surface area contributed by atoms with Gasteiger partial charge in [-0.05, 0) is 31.5 Å². The fraction of sp³-hybridized carbons (Fsp3) is 0.308. The van der Waals surface area contributed by atoms with Gasteiger partial charge in [0.2, 0.25) is 0 Å².